The maximum atomic E-state index is 12.2. The molecule has 1 aliphatic heterocycles. The zero-order valence-electron chi connectivity index (χ0n) is 15.7. The number of hydrogen-bond donors (Lipinski definition) is 2. The molecule has 0 aromatic heterocycles. The summed E-state index contributed by atoms with van der Waals surface area (Å²) in [5, 5.41) is 20.7. The molecule has 1 aliphatic carbocycles. The Kier molecular flexibility index (Phi) is 7.25. The summed E-state index contributed by atoms with van der Waals surface area (Å²) in [6.45, 7) is 0. The molecule has 1 aromatic carbocycles. The van der Waals surface area contributed by atoms with E-state index in [0.717, 1.165) is 25.7 Å². The molecule has 1 heterocycles. The summed E-state index contributed by atoms with van der Waals surface area (Å²) < 4.78 is 5.70. The Labute approximate surface area is 161 Å². The second-order valence-electron chi connectivity index (χ2n) is 7.65. The van der Waals surface area contributed by atoms with E-state index in [2.05, 4.69) is 24.3 Å². The van der Waals surface area contributed by atoms with Crippen molar-refractivity contribution >= 4 is 5.97 Å². The van der Waals surface area contributed by atoms with Gasteiger partial charge >= 0.3 is 5.97 Å². The average Bonchev–Trinajstić information content (AvgIpc) is 2.94. The van der Waals surface area contributed by atoms with Crippen molar-refractivity contribution in [2.75, 3.05) is 0 Å². The van der Waals surface area contributed by atoms with Crippen LogP contribution in [0.4, 0.5) is 0 Å². The van der Waals surface area contributed by atoms with Crippen LogP contribution in [0.5, 0.6) is 0 Å². The van der Waals surface area contributed by atoms with Crippen LogP contribution in [0, 0.1) is 11.8 Å². The number of benzene rings is 1. The predicted octanol–water partition coefficient (Wildman–Crippen LogP) is 3.58. The molecule has 1 unspecified atom stereocenters. The van der Waals surface area contributed by atoms with Gasteiger partial charge in [0.1, 0.15) is 6.10 Å². The number of allylic oxidation sites excluding steroid dienone is 2. The summed E-state index contributed by atoms with van der Waals surface area (Å²) in [6.07, 6.45) is 11.4. The molecule has 1 saturated carbocycles. The van der Waals surface area contributed by atoms with Gasteiger partial charge in [-0.05, 0) is 49.7 Å². The monoisotopic (exact) mass is 370 g/mol. The number of cyclic esters (lactones) is 1. The van der Waals surface area contributed by atoms with Crippen LogP contribution < -0.4 is 0 Å². The lowest BCUT2D eigenvalue weighted by molar-refractivity contribution is -0.147. The normalized spacial score (nSPS) is 34.4. The lowest BCUT2D eigenvalue weighted by Gasteiger charge is -2.20. The zero-order chi connectivity index (χ0) is 19.1. The minimum absolute atomic E-state index is 0.0127. The molecule has 0 spiro atoms. The first-order valence-electron chi connectivity index (χ1n) is 10.1. The van der Waals surface area contributed by atoms with Gasteiger partial charge in [0.05, 0.1) is 12.2 Å². The number of fused-ring (bicyclic) bond motifs is 1. The first-order chi connectivity index (χ1) is 13.1. The molecule has 4 heteroatoms. The number of ether oxygens (including phenoxy) is 1. The van der Waals surface area contributed by atoms with Crippen LogP contribution in [0.1, 0.15) is 44.1 Å². The Bertz CT molecular complexity index is 652. The molecule has 0 saturated heterocycles. The Morgan fingerprint density at radius 3 is 2.67 bits per heavy atom. The molecule has 2 N–H and O–H groups in total. The van der Waals surface area contributed by atoms with Crippen molar-refractivity contribution in [1.29, 1.82) is 0 Å². The van der Waals surface area contributed by atoms with E-state index < -0.39 is 12.2 Å². The summed E-state index contributed by atoms with van der Waals surface area (Å²) in [5.74, 6) is -0.268. The topological polar surface area (TPSA) is 66.8 Å². The highest BCUT2D eigenvalue weighted by atomic mass is 16.5. The number of rotatable bonds is 3. The van der Waals surface area contributed by atoms with E-state index >= 15 is 0 Å². The van der Waals surface area contributed by atoms with Crippen molar-refractivity contribution in [2.45, 2.75) is 63.3 Å². The van der Waals surface area contributed by atoms with Gasteiger partial charge in [-0.25, -0.2) is 0 Å². The van der Waals surface area contributed by atoms with Gasteiger partial charge in [-0.2, -0.15) is 0 Å². The SMILES string of the molecule is O=C1CCC/C=C\C[C@@H]2C(/C=C/[C@@H](CCc3ccccc3)O1)[C@H](O)C[C@@H]2O. The minimum atomic E-state index is -0.551. The highest BCUT2D eigenvalue weighted by molar-refractivity contribution is 5.69. The molecule has 146 valence electrons. The Balaban J connectivity index is 1.73. The molecule has 0 amide bonds. The maximum absolute atomic E-state index is 12.2. The fourth-order valence-electron chi connectivity index (χ4n) is 4.07. The second-order valence-corrected chi connectivity index (χ2v) is 7.65. The van der Waals surface area contributed by atoms with Crippen molar-refractivity contribution in [3.63, 3.8) is 0 Å². The quantitative estimate of drug-likeness (QED) is 0.630. The van der Waals surface area contributed by atoms with Crippen LogP contribution in [0.25, 0.3) is 0 Å². The number of hydrogen-bond acceptors (Lipinski definition) is 4. The Hall–Kier alpha value is -1.91. The minimum Gasteiger partial charge on any atom is -0.458 e. The second kappa shape index (κ2) is 9.86. The fourth-order valence-corrected chi connectivity index (χ4v) is 4.07. The molecule has 3 rings (SSSR count). The standard InChI is InChI=1S/C23H30O4/c24-21-16-22(25)20-15-14-18(13-12-17-8-4-3-5-9-17)27-23(26)11-7-2-1-6-10-19(20)21/h1,3-6,8-9,14-15,18-22,24-25H,2,7,10-13,16H2/b6-1-,15-14+/t18-,19-,20?,21+,22-/m1/s1. The van der Waals surface area contributed by atoms with Gasteiger partial charge in [0.25, 0.3) is 0 Å². The number of aliphatic hydroxyl groups is 2. The van der Waals surface area contributed by atoms with Crippen LogP contribution in [0.15, 0.2) is 54.6 Å². The van der Waals surface area contributed by atoms with Crippen LogP contribution in [0.2, 0.25) is 0 Å². The van der Waals surface area contributed by atoms with Gasteiger partial charge in [-0.1, -0.05) is 48.6 Å². The highest BCUT2D eigenvalue weighted by Crippen LogP contribution is 2.36. The van der Waals surface area contributed by atoms with Crippen molar-refractivity contribution in [2.24, 2.45) is 11.8 Å². The largest absolute Gasteiger partial charge is 0.458 e. The predicted molar refractivity (Wildman–Crippen MR) is 105 cm³/mol. The smallest absolute Gasteiger partial charge is 0.306 e. The fraction of sp³-hybridized carbons (Fsp3) is 0.522. The lowest BCUT2D eigenvalue weighted by atomic mass is 9.89. The van der Waals surface area contributed by atoms with Gasteiger partial charge < -0.3 is 14.9 Å². The summed E-state index contributed by atoms with van der Waals surface area (Å²) in [4.78, 5) is 12.2. The molecule has 2 aliphatic rings. The van der Waals surface area contributed by atoms with Crippen LogP contribution in [0.3, 0.4) is 0 Å². The molecular formula is C23H30O4. The lowest BCUT2D eigenvalue weighted by Crippen LogP contribution is -2.21. The van der Waals surface area contributed by atoms with Gasteiger partial charge in [0.2, 0.25) is 0 Å². The summed E-state index contributed by atoms with van der Waals surface area (Å²) in [5.41, 5.74) is 1.21. The third-order valence-electron chi connectivity index (χ3n) is 5.63. The van der Waals surface area contributed by atoms with Crippen molar-refractivity contribution < 1.29 is 19.7 Å². The van der Waals surface area contributed by atoms with Crippen LogP contribution in [-0.2, 0) is 16.0 Å². The van der Waals surface area contributed by atoms with Gasteiger partial charge in [-0.15, -0.1) is 0 Å². The molecular weight excluding hydrogens is 340 g/mol. The highest BCUT2D eigenvalue weighted by Gasteiger charge is 2.39. The summed E-state index contributed by atoms with van der Waals surface area (Å²) >= 11 is 0. The first-order valence-corrected chi connectivity index (χ1v) is 10.1. The van der Waals surface area contributed by atoms with Crippen LogP contribution in [-0.4, -0.2) is 34.5 Å². The number of aryl methyl sites for hydroxylation is 1. The van der Waals surface area contributed by atoms with Gasteiger partial charge in [0, 0.05) is 18.8 Å². The molecule has 27 heavy (non-hydrogen) atoms. The molecule has 0 bridgehead atoms. The zero-order valence-corrected chi connectivity index (χ0v) is 15.7. The third kappa shape index (κ3) is 5.78. The van der Waals surface area contributed by atoms with E-state index in [1.54, 1.807) is 0 Å². The van der Waals surface area contributed by atoms with Gasteiger partial charge in [-0.3, -0.25) is 4.79 Å². The number of aliphatic hydroxyl groups excluding tert-OH is 2. The average molecular weight is 370 g/mol. The van der Waals surface area contributed by atoms with E-state index in [-0.39, 0.29) is 23.9 Å². The van der Waals surface area contributed by atoms with Gasteiger partial charge in [0.15, 0.2) is 0 Å². The Morgan fingerprint density at radius 1 is 1.04 bits per heavy atom. The number of carbonyl (C=O) groups is 1. The van der Waals surface area contributed by atoms with E-state index in [4.69, 9.17) is 4.74 Å². The van der Waals surface area contributed by atoms with Crippen molar-refractivity contribution in [3.8, 4) is 0 Å². The molecule has 1 fully saturated rings. The molecule has 1 aromatic rings. The van der Waals surface area contributed by atoms with E-state index in [9.17, 15) is 15.0 Å². The van der Waals surface area contributed by atoms with E-state index in [0.29, 0.717) is 19.3 Å². The first kappa shape index (κ1) is 19.8. The third-order valence-corrected chi connectivity index (χ3v) is 5.63. The Morgan fingerprint density at radius 2 is 1.85 bits per heavy atom. The number of esters is 1. The van der Waals surface area contributed by atoms with Crippen molar-refractivity contribution in [1.82, 2.24) is 0 Å². The molecule has 4 nitrogen and oxygen atoms in total. The summed E-state index contributed by atoms with van der Waals surface area (Å²) in [6, 6.07) is 10.2. The van der Waals surface area contributed by atoms with Crippen LogP contribution >= 0.6 is 0 Å². The van der Waals surface area contributed by atoms with E-state index in [1.165, 1.54) is 5.56 Å². The van der Waals surface area contributed by atoms with E-state index in [1.807, 2.05) is 30.4 Å². The molecule has 5 atom stereocenters. The molecule has 0 radical (unpaired) electrons. The maximum Gasteiger partial charge on any atom is 0.306 e. The summed E-state index contributed by atoms with van der Waals surface area (Å²) in [7, 11) is 0. The van der Waals surface area contributed by atoms with Crippen molar-refractivity contribution in [3.05, 3.63) is 60.2 Å². The number of carbonyl (C=O) groups excluding carboxylic acids is 1.